The lowest BCUT2D eigenvalue weighted by Crippen LogP contribution is -2.01. The minimum absolute atomic E-state index is 0.483. The maximum absolute atomic E-state index is 11.1. The van der Waals surface area contributed by atoms with Crippen molar-refractivity contribution in [1.29, 1.82) is 0 Å². The van der Waals surface area contributed by atoms with Gasteiger partial charge in [0.1, 0.15) is 11.7 Å². The number of hydrogen-bond donors (Lipinski definition) is 0. The second-order valence-corrected chi connectivity index (χ2v) is 3.97. The van der Waals surface area contributed by atoms with Crippen molar-refractivity contribution in [2.45, 2.75) is 6.42 Å². The molecule has 0 spiro atoms. The Bertz CT molecular complexity index is 585. The summed E-state index contributed by atoms with van der Waals surface area (Å²) in [6.45, 7) is 3.79. The Morgan fingerprint density at radius 3 is 2.78 bits per heavy atom. The van der Waals surface area contributed by atoms with E-state index in [1.54, 1.807) is 13.2 Å². The largest absolute Gasteiger partial charge is 0.501 e. The van der Waals surface area contributed by atoms with E-state index >= 15 is 0 Å². The van der Waals surface area contributed by atoms with E-state index < -0.39 is 0 Å². The van der Waals surface area contributed by atoms with Crippen LogP contribution in [0.15, 0.2) is 54.3 Å². The van der Waals surface area contributed by atoms with Gasteiger partial charge in [-0.2, -0.15) is 0 Å². The molecule has 90 valence electrons. The molecule has 2 nitrogen and oxygen atoms in total. The average Bonchev–Trinajstić information content (AvgIpc) is 2.46. The fraction of sp³-hybridized carbons (Fsp3) is 0.125. The van der Waals surface area contributed by atoms with Crippen molar-refractivity contribution in [2.24, 2.45) is 0 Å². The highest BCUT2D eigenvalue weighted by Crippen LogP contribution is 2.32. The molecule has 1 aromatic carbocycles. The quantitative estimate of drug-likeness (QED) is 0.754. The van der Waals surface area contributed by atoms with Gasteiger partial charge in [-0.3, -0.25) is 0 Å². The molecule has 0 atom stereocenters. The van der Waals surface area contributed by atoms with Crippen molar-refractivity contribution in [3.63, 3.8) is 0 Å². The van der Waals surface area contributed by atoms with Crippen molar-refractivity contribution in [2.75, 3.05) is 7.11 Å². The summed E-state index contributed by atoms with van der Waals surface area (Å²) in [5.41, 5.74) is 3.51. The monoisotopic (exact) mass is 238 g/mol. The van der Waals surface area contributed by atoms with Gasteiger partial charge in [0.15, 0.2) is 0 Å². The number of carbonyl (C=O) groups excluding carboxylic acids is 1. The van der Waals surface area contributed by atoms with Crippen LogP contribution >= 0.6 is 0 Å². The first kappa shape index (κ1) is 12.2. The molecule has 0 heterocycles. The first-order chi connectivity index (χ1) is 8.80. The van der Waals surface area contributed by atoms with Crippen LogP contribution in [0.4, 0.5) is 0 Å². The summed E-state index contributed by atoms with van der Waals surface area (Å²) in [5, 5.41) is 0. The molecule has 0 bridgehead atoms. The van der Waals surface area contributed by atoms with Gasteiger partial charge in [0.05, 0.1) is 12.7 Å². The summed E-state index contributed by atoms with van der Waals surface area (Å²) in [4.78, 5) is 11.1. The molecule has 1 aliphatic carbocycles. The van der Waals surface area contributed by atoms with Crippen molar-refractivity contribution >= 4 is 17.6 Å². The van der Waals surface area contributed by atoms with E-state index in [0.717, 1.165) is 22.5 Å². The molecule has 1 aliphatic rings. The molecule has 0 aliphatic heterocycles. The highest BCUT2D eigenvalue weighted by Gasteiger charge is 2.16. The number of rotatable bonds is 3. The normalized spacial score (nSPS) is 14.4. The zero-order chi connectivity index (χ0) is 13.0. The Labute approximate surface area is 107 Å². The molecule has 0 N–H and O–H groups in total. The van der Waals surface area contributed by atoms with Gasteiger partial charge in [-0.15, -0.1) is 0 Å². The molecule has 0 radical (unpaired) electrons. The zero-order valence-corrected chi connectivity index (χ0v) is 10.3. The van der Waals surface area contributed by atoms with E-state index in [2.05, 4.69) is 6.58 Å². The Morgan fingerprint density at radius 1 is 1.33 bits per heavy atom. The van der Waals surface area contributed by atoms with Crippen molar-refractivity contribution < 1.29 is 9.53 Å². The molecule has 0 amide bonds. The van der Waals surface area contributed by atoms with E-state index in [1.165, 1.54) is 0 Å². The molecule has 2 rings (SSSR count). The minimum atomic E-state index is 0.483. The lowest BCUT2D eigenvalue weighted by Gasteiger charge is -2.16. The summed E-state index contributed by atoms with van der Waals surface area (Å²) < 4.78 is 5.16. The van der Waals surface area contributed by atoms with E-state index in [-0.39, 0.29) is 0 Å². The van der Waals surface area contributed by atoms with E-state index in [1.807, 2.05) is 42.4 Å². The van der Waals surface area contributed by atoms with Gasteiger partial charge in [-0.05, 0) is 28.9 Å². The van der Waals surface area contributed by atoms with Crippen LogP contribution in [-0.4, -0.2) is 13.1 Å². The molecule has 2 heteroatoms. The van der Waals surface area contributed by atoms with Crippen LogP contribution in [0, 0.1) is 0 Å². The lowest BCUT2D eigenvalue weighted by atomic mass is 9.89. The van der Waals surface area contributed by atoms with E-state index in [0.29, 0.717) is 12.0 Å². The third-order valence-electron chi connectivity index (χ3n) is 2.97. The van der Waals surface area contributed by atoms with E-state index in [4.69, 9.17) is 4.74 Å². The first-order valence-corrected chi connectivity index (χ1v) is 5.71. The third kappa shape index (κ3) is 2.20. The second kappa shape index (κ2) is 5.35. The van der Waals surface area contributed by atoms with Gasteiger partial charge in [0, 0.05) is 6.42 Å². The molecular weight excluding hydrogens is 224 g/mol. The Balaban J connectivity index is 2.55. The third-order valence-corrected chi connectivity index (χ3v) is 2.97. The number of hydrogen-bond acceptors (Lipinski definition) is 2. The molecule has 0 aromatic heterocycles. The van der Waals surface area contributed by atoms with Crippen molar-refractivity contribution in [3.8, 4) is 0 Å². The van der Waals surface area contributed by atoms with Gasteiger partial charge in [-0.25, -0.2) is 4.79 Å². The Hall–Kier alpha value is -2.31. The molecule has 1 aromatic rings. The van der Waals surface area contributed by atoms with Gasteiger partial charge in [0.25, 0.3) is 0 Å². The van der Waals surface area contributed by atoms with Crippen LogP contribution < -0.4 is 0 Å². The van der Waals surface area contributed by atoms with Crippen LogP contribution in [0.1, 0.15) is 17.5 Å². The molecule has 0 saturated carbocycles. The summed E-state index contributed by atoms with van der Waals surface area (Å²) in [7, 11) is 1.60. The standard InChI is InChI=1S/C16H14O2/c1-3-12-6-4-5-7-15(12)16-9-8-14(18-2)10-13(16)11-17/h3-9H,1,10H2,2H3. The highest BCUT2D eigenvalue weighted by atomic mass is 16.5. The summed E-state index contributed by atoms with van der Waals surface area (Å²) in [5.74, 6) is 2.78. The second-order valence-electron chi connectivity index (χ2n) is 3.97. The molecule has 0 saturated heterocycles. The van der Waals surface area contributed by atoms with Gasteiger partial charge in [0.2, 0.25) is 0 Å². The predicted octanol–water partition coefficient (Wildman–Crippen LogP) is 3.41. The van der Waals surface area contributed by atoms with Gasteiger partial charge >= 0.3 is 0 Å². The van der Waals surface area contributed by atoms with E-state index in [9.17, 15) is 4.79 Å². The summed E-state index contributed by atoms with van der Waals surface area (Å²) in [6, 6.07) is 7.85. The van der Waals surface area contributed by atoms with Crippen LogP contribution in [-0.2, 0) is 9.53 Å². The van der Waals surface area contributed by atoms with Crippen LogP contribution in [0.3, 0.4) is 0 Å². The topological polar surface area (TPSA) is 26.3 Å². The molecule has 18 heavy (non-hydrogen) atoms. The average molecular weight is 238 g/mol. The lowest BCUT2D eigenvalue weighted by molar-refractivity contribution is 0.283. The predicted molar refractivity (Wildman–Crippen MR) is 73.4 cm³/mol. The maximum Gasteiger partial charge on any atom is 0.129 e. The molecule has 0 fully saturated rings. The summed E-state index contributed by atoms with van der Waals surface area (Å²) in [6.07, 6.45) is 6.05. The zero-order valence-electron chi connectivity index (χ0n) is 10.3. The van der Waals surface area contributed by atoms with Crippen molar-refractivity contribution in [3.05, 3.63) is 65.5 Å². The number of allylic oxidation sites excluding steroid dienone is 4. The highest BCUT2D eigenvalue weighted by molar-refractivity contribution is 5.92. The minimum Gasteiger partial charge on any atom is -0.501 e. The van der Waals surface area contributed by atoms with Crippen LogP contribution in [0.25, 0.3) is 11.6 Å². The number of benzene rings is 1. The molecule has 0 unspecified atom stereocenters. The Kier molecular flexibility index (Phi) is 3.61. The Morgan fingerprint density at radius 2 is 2.11 bits per heavy atom. The van der Waals surface area contributed by atoms with Crippen LogP contribution in [0.5, 0.6) is 0 Å². The number of ether oxygens (including phenoxy) is 1. The smallest absolute Gasteiger partial charge is 0.129 e. The fourth-order valence-corrected chi connectivity index (χ4v) is 2.01. The summed E-state index contributed by atoms with van der Waals surface area (Å²) >= 11 is 0. The number of methoxy groups -OCH3 is 1. The SMILES string of the molecule is C=Cc1ccccc1C1=CC=C(OC)CC1=C=O. The van der Waals surface area contributed by atoms with Gasteiger partial charge < -0.3 is 4.74 Å². The van der Waals surface area contributed by atoms with Gasteiger partial charge in [-0.1, -0.05) is 36.9 Å². The fourth-order valence-electron chi connectivity index (χ4n) is 2.01. The maximum atomic E-state index is 11.1. The first-order valence-electron chi connectivity index (χ1n) is 5.71. The van der Waals surface area contributed by atoms with Crippen LogP contribution in [0.2, 0.25) is 0 Å². The molecular formula is C16H14O2. The van der Waals surface area contributed by atoms with Crippen molar-refractivity contribution in [1.82, 2.24) is 0 Å².